The SMILES string of the molecule is CCCC1CC1N1CCCNC(C)(C2CC2)C1. The molecule has 3 rings (SSSR count). The zero-order valence-electron chi connectivity index (χ0n) is 11.5. The third-order valence-corrected chi connectivity index (χ3v) is 5.17. The maximum Gasteiger partial charge on any atom is 0.0308 e. The van der Waals surface area contributed by atoms with Crippen LogP contribution in [-0.4, -0.2) is 36.1 Å². The van der Waals surface area contributed by atoms with Gasteiger partial charge < -0.3 is 5.32 Å². The Labute approximate surface area is 106 Å². The second-order valence-electron chi connectivity index (χ2n) is 6.79. The Kier molecular flexibility index (Phi) is 3.20. The molecule has 2 nitrogen and oxygen atoms in total. The molecule has 1 N–H and O–H groups in total. The maximum absolute atomic E-state index is 3.84. The molecule has 3 fully saturated rings. The smallest absolute Gasteiger partial charge is 0.0308 e. The molecule has 0 bridgehead atoms. The molecule has 0 aromatic rings. The van der Waals surface area contributed by atoms with Gasteiger partial charge in [-0.3, -0.25) is 4.90 Å². The van der Waals surface area contributed by atoms with E-state index in [2.05, 4.69) is 24.1 Å². The summed E-state index contributed by atoms with van der Waals surface area (Å²) in [7, 11) is 0. The molecule has 2 heteroatoms. The Morgan fingerprint density at radius 2 is 2.18 bits per heavy atom. The van der Waals surface area contributed by atoms with Crippen LogP contribution in [0.15, 0.2) is 0 Å². The highest BCUT2D eigenvalue weighted by Crippen LogP contribution is 2.44. The van der Waals surface area contributed by atoms with Crippen LogP contribution in [0.3, 0.4) is 0 Å². The second-order valence-corrected chi connectivity index (χ2v) is 6.79. The van der Waals surface area contributed by atoms with Crippen molar-refractivity contribution >= 4 is 0 Å². The van der Waals surface area contributed by atoms with Crippen LogP contribution in [0, 0.1) is 11.8 Å². The second kappa shape index (κ2) is 4.55. The van der Waals surface area contributed by atoms with E-state index >= 15 is 0 Å². The number of nitrogens with zero attached hydrogens (tertiary/aromatic N) is 1. The first-order chi connectivity index (χ1) is 8.23. The summed E-state index contributed by atoms with van der Waals surface area (Å²) in [6.07, 6.45) is 8.56. The molecule has 3 unspecified atom stereocenters. The van der Waals surface area contributed by atoms with E-state index in [1.165, 1.54) is 58.2 Å². The first kappa shape index (κ1) is 12.0. The number of nitrogens with one attached hydrogen (secondary N) is 1. The summed E-state index contributed by atoms with van der Waals surface area (Å²) < 4.78 is 0. The van der Waals surface area contributed by atoms with Crippen LogP contribution >= 0.6 is 0 Å². The van der Waals surface area contributed by atoms with E-state index in [1.807, 2.05) is 0 Å². The molecule has 2 saturated carbocycles. The molecule has 0 aromatic carbocycles. The van der Waals surface area contributed by atoms with Crippen LogP contribution < -0.4 is 5.32 Å². The van der Waals surface area contributed by atoms with Crippen LogP contribution in [0.25, 0.3) is 0 Å². The van der Waals surface area contributed by atoms with Crippen molar-refractivity contribution in [3.63, 3.8) is 0 Å². The number of hydrogen-bond acceptors (Lipinski definition) is 2. The average Bonchev–Trinajstić information content (AvgIpc) is 3.16. The molecule has 17 heavy (non-hydrogen) atoms. The van der Waals surface area contributed by atoms with Gasteiger partial charge in [0.2, 0.25) is 0 Å². The molecule has 0 aromatic heterocycles. The fraction of sp³-hybridized carbons (Fsp3) is 1.00. The lowest BCUT2D eigenvalue weighted by Crippen LogP contribution is -2.51. The molecule has 3 aliphatic rings. The minimum absolute atomic E-state index is 0.426. The largest absolute Gasteiger partial charge is 0.310 e. The van der Waals surface area contributed by atoms with Gasteiger partial charge >= 0.3 is 0 Å². The van der Waals surface area contributed by atoms with Gasteiger partial charge in [0.05, 0.1) is 0 Å². The van der Waals surface area contributed by atoms with Crippen molar-refractivity contribution in [2.45, 2.75) is 64.0 Å². The topological polar surface area (TPSA) is 15.3 Å². The normalized spacial score (nSPS) is 43.4. The van der Waals surface area contributed by atoms with Crippen LogP contribution in [0.4, 0.5) is 0 Å². The predicted octanol–water partition coefficient (Wildman–Crippen LogP) is 2.64. The van der Waals surface area contributed by atoms with E-state index in [4.69, 9.17) is 0 Å². The summed E-state index contributed by atoms with van der Waals surface area (Å²) in [6.45, 7) is 8.67. The highest BCUT2D eigenvalue weighted by Gasteiger charge is 2.47. The number of rotatable bonds is 4. The van der Waals surface area contributed by atoms with E-state index in [0.29, 0.717) is 5.54 Å². The molecule has 3 atom stereocenters. The number of hydrogen-bond donors (Lipinski definition) is 1. The fourth-order valence-corrected chi connectivity index (χ4v) is 3.85. The molecule has 1 heterocycles. The van der Waals surface area contributed by atoms with E-state index in [1.54, 1.807) is 0 Å². The van der Waals surface area contributed by atoms with Crippen LogP contribution in [-0.2, 0) is 0 Å². The van der Waals surface area contributed by atoms with Crippen molar-refractivity contribution < 1.29 is 0 Å². The zero-order chi connectivity index (χ0) is 11.9. The third kappa shape index (κ3) is 2.53. The summed E-state index contributed by atoms with van der Waals surface area (Å²) in [5.41, 5.74) is 0.426. The minimum Gasteiger partial charge on any atom is -0.310 e. The maximum atomic E-state index is 3.84. The van der Waals surface area contributed by atoms with Gasteiger partial charge in [-0.25, -0.2) is 0 Å². The molecule has 98 valence electrons. The Hall–Kier alpha value is -0.0800. The molecule has 0 radical (unpaired) electrons. The van der Waals surface area contributed by atoms with E-state index < -0.39 is 0 Å². The Morgan fingerprint density at radius 3 is 2.88 bits per heavy atom. The first-order valence-corrected chi connectivity index (χ1v) is 7.72. The van der Waals surface area contributed by atoms with Gasteiger partial charge in [-0.1, -0.05) is 13.3 Å². The lowest BCUT2D eigenvalue weighted by molar-refractivity contribution is 0.186. The summed E-state index contributed by atoms with van der Waals surface area (Å²) in [5, 5.41) is 3.84. The molecule has 1 aliphatic heterocycles. The van der Waals surface area contributed by atoms with E-state index in [-0.39, 0.29) is 0 Å². The van der Waals surface area contributed by atoms with Crippen molar-refractivity contribution in [2.75, 3.05) is 19.6 Å². The zero-order valence-corrected chi connectivity index (χ0v) is 11.5. The van der Waals surface area contributed by atoms with Crippen molar-refractivity contribution in [1.29, 1.82) is 0 Å². The van der Waals surface area contributed by atoms with Gasteiger partial charge in [0.15, 0.2) is 0 Å². The molecule has 1 saturated heterocycles. The van der Waals surface area contributed by atoms with Crippen LogP contribution in [0.1, 0.15) is 52.4 Å². The Bertz CT molecular complexity index is 274. The minimum atomic E-state index is 0.426. The summed E-state index contributed by atoms with van der Waals surface area (Å²) in [6, 6.07) is 0.938. The first-order valence-electron chi connectivity index (χ1n) is 7.72. The van der Waals surface area contributed by atoms with Gasteiger partial charge in [-0.2, -0.15) is 0 Å². The van der Waals surface area contributed by atoms with Gasteiger partial charge in [-0.15, -0.1) is 0 Å². The monoisotopic (exact) mass is 236 g/mol. The van der Waals surface area contributed by atoms with Crippen molar-refractivity contribution in [3.8, 4) is 0 Å². The Balaban J connectivity index is 1.60. The highest BCUT2D eigenvalue weighted by molar-refractivity contribution is 5.04. The molecule has 0 amide bonds. The van der Waals surface area contributed by atoms with Crippen LogP contribution in [0.2, 0.25) is 0 Å². The predicted molar refractivity (Wildman–Crippen MR) is 72.1 cm³/mol. The van der Waals surface area contributed by atoms with Gasteiger partial charge in [0.1, 0.15) is 0 Å². The highest BCUT2D eigenvalue weighted by atomic mass is 15.2. The fourth-order valence-electron chi connectivity index (χ4n) is 3.85. The van der Waals surface area contributed by atoms with Gasteiger partial charge in [0.25, 0.3) is 0 Å². The van der Waals surface area contributed by atoms with Crippen molar-refractivity contribution in [2.24, 2.45) is 11.8 Å². The lowest BCUT2D eigenvalue weighted by atomic mass is 9.95. The average molecular weight is 236 g/mol. The summed E-state index contributed by atoms with van der Waals surface area (Å²) >= 11 is 0. The molecule has 0 spiro atoms. The van der Waals surface area contributed by atoms with E-state index in [0.717, 1.165) is 17.9 Å². The Morgan fingerprint density at radius 1 is 1.35 bits per heavy atom. The lowest BCUT2D eigenvalue weighted by Gasteiger charge is -2.34. The van der Waals surface area contributed by atoms with Gasteiger partial charge in [-0.05, 0) is 64.0 Å². The molecular weight excluding hydrogens is 208 g/mol. The van der Waals surface area contributed by atoms with Gasteiger partial charge in [0, 0.05) is 18.1 Å². The third-order valence-electron chi connectivity index (χ3n) is 5.17. The van der Waals surface area contributed by atoms with Crippen molar-refractivity contribution in [1.82, 2.24) is 10.2 Å². The van der Waals surface area contributed by atoms with Crippen LogP contribution in [0.5, 0.6) is 0 Å². The molecule has 2 aliphatic carbocycles. The molecular formula is C15H28N2. The summed E-state index contributed by atoms with van der Waals surface area (Å²) in [5.74, 6) is 1.99. The standard InChI is InChI=1S/C15H28N2/c1-3-5-12-10-14(12)17-9-4-8-16-15(2,11-17)13-6-7-13/h12-14,16H,3-11H2,1-2H3. The van der Waals surface area contributed by atoms with E-state index in [9.17, 15) is 0 Å². The quantitative estimate of drug-likeness (QED) is 0.807. The summed E-state index contributed by atoms with van der Waals surface area (Å²) in [4.78, 5) is 2.82. The van der Waals surface area contributed by atoms with Crippen molar-refractivity contribution in [3.05, 3.63) is 0 Å².